The van der Waals surface area contributed by atoms with Gasteiger partial charge in [0.2, 0.25) is 5.95 Å². The standard InChI is InChI=1S/C8H15N5/c1-3-4-13(2)7-5-6(9)11-8(10)12-7/h5H,3-4H2,1-2H3,(H4,9,10,11,12). The third-order valence-electron chi connectivity index (χ3n) is 1.70. The summed E-state index contributed by atoms with van der Waals surface area (Å²) in [7, 11) is 1.95. The zero-order valence-electron chi connectivity index (χ0n) is 7.99. The fraction of sp³-hybridized carbons (Fsp3) is 0.500. The summed E-state index contributed by atoms with van der Waals surface area (Å²) in [5.41, 5.74) is 11.0. The zero-order valence-corrected chi connectivity index (χ0v) is 7.99. The number of aromatic nitrogens is 2. The van der Waals surface area contributed by atoms with Gasteiger partial charge < -0.3 is 16.4 Å². The van der Waals surface area contributed by atoms with Crippen LogP contribution in [0.5, 0.6) is 0 Å². The van der Waals surface area contributed by atoms with Crippen LogP contribution >= 0.6 is 0 Å². The molecule has 0 saturated heterocycles. The number of nitrogens with two attached hydrogens (primary N) is 2. The molecule has 0 amide bonds. The Morgan fingerprint density at radius 2 is 2.08 bits per heavy atom. The highest BCUT2D eigenvalue weighted by Gasteiger charge is 2.03. The molecule has 1 rings (SSSR count). The average Bonchev–Trinajstić information content (AvgIpc) is 2.03. The molecule has 0 saturated carbocycles. The summed E-state index contributed by atoms with van der Waals surface area (Å²) in [6, 6.07) is 1.71. The molecule has 0 bridgehead atoms. The lowest BCUT2D eigenvalue weighted by Gasteiger charge is -2.17. The van der Waals surface area contributed by atoms with Gasteiger partial charge in [-0.3, -0.25) is 0 Å². The summed E-state index contributed by atoms with van der Waals surface area (Å²) in [5, 5.41) is 0. The van der Waals surface area contributed by atoms with Gasteiger partial charge in [0, 0.05) is 19.7 Å². The fourth-order valence-electron chi connectivity index (χ4n) is 1.12. The lowest BCUT2D eigenvalue weighted by Crippen LogP contribution is -2.20. The Morgan fingerprint density at radius 1 is 1.38 bits per heavy atom. The third-order valence-corrected chi connectivity index (χ3v) is 1.70. The third kappa shape index (κ3) is 2.47. The minimum Gasteiger partial charge on any atom is -0.383 e. The highest BCUT2D eigenvalue weighted by molar-refractivity contribution is 5.49. The monoisotopic (exact) mass is 181 g/mol. The molecule has 0 aliphatic rings. The van der Waals surface area contributed by atoms with E-state index in [1.54, 1.807) is 6.07 Å². The van der Waals surface area contributed by atoms with E-state index in [0.717, 1.165) is 18.8 Å². The van der Waals surface area contributed by atoms with Gasteiger partial charge in [-0.25, -0.2) is 0 Å². The Bertz CT molecular complexity index is 266. The average molecular weight is 181 g/mol. The van der Waals surface area contributed by atoms with E-state index in [1.807, 2.05) is 11.9 Å². The molecule has 1 aromatic rings. The molecule has 0 unspecified atom stereocenters. The fourth-order valence-corrected chi connectivity index (χ4v) is 1.12. The first-order valence-corrected chi connectivity index (χ1v) is 4.24. The minimum absolute atomic E-state index is 0.220. The van der Waals surface area contributed by atoms with E-state index in [2.05, 4.69) is 16.9 Å². The molecule has 0 fully saturated rings. The van der Waals surface area contributed by atoms with E-state index >= 15 is 0 Å². The number of hydrogen-bond acceptors (Lipinski definition) is 5. The maximum atomic E-state index is 5.54. The van der Waals surface area contributed by atoms with Crippen LogP contribution in [0.1, 0.15) is 13.3 Å². The van der Waals surface area contributed by atoms with Gasteiger partial charge in [0.25, 0.3) is 0 Å². The summed E-state index contributed by atoms with van der Waals surface area (Å²) in [6.07, 6.45) is 1.06. The molecule has 0 aromatic carbocycles. The second-order valence-electron chi connectivity index (χ2n) is 2.93. The Hall–Kier alpha value is -1.52. The lowest BCUT2D eigenvalue weighted by molar-refractivity contribution is 0.836. The molecule has 0 aliphatic heterocycles. The molecule has 5 heteroatoms. The number of nitrogens with zero attached hydrogens (tertiary/aromatic N) is 3. The van der Waals surface area contributed by atoms with Crippen molar-refractivity contribution >= 4 is 17.6 Å². The van der Waals surface area contributed by atoms with Crippen LogP contribution in [-0.4, -0.2) is 23.6 Å². The van der Waals surface area contributed by atoms with Crippen LogP contribution in [0.2, 0.25) is 0 Å². The Morgan fingerprint density at radius 3 is 2.62 bits per heavy atom. The number of hydrogen-bond donors (Lipinski definition) is 2. The van der Waals surface area contributed by atoms with Crippen LogP contribution in [0.25, 0.3) is 0 Å². The van der Waals surface area contributed by atoms with Gasteiger partial charge in [0.1, 0.15) is 11.6 Å². The number of nitrogen functional groups attached to an aromatic ring is 2. The van der Waals surface area contributed by atoms with Crippen molar-refractivity contribution in [2.75, 3.05) is 30.0 Å². The first kappa shape index (κ1) is 9.57. The van der Waals surface area contributed by atoms with Crippen molar-refractivity contribution in [1.29, 1.82) is 0 Å². The quantitative estimate of drug-likeness (QED) is 0.709. The van der Waals surface area contributed by atoms with E-state index in [1.165, 1.54) is 0 Å². The Kier molecular flexibility index (Phi) is 2.89. The molecule has 0 atom stereocenters. The molecule has 4 N–H and O–H groups in total. The molecule has 72 valence electrons. The summed E-state index contributed by atoms with van der Waals surface area (Å²) in [4.78, 5) is 9.85. The molecule has 13 heavy (non-hydrogen) atoms. The van der Waals surface area contributed by atoms with Crippen LogP contribution in [-0.2, 0) is 0 Å². The van der Waals surface area contributed by atoms with Crippen molar-refractivity contribution in [3.63, 3.8) is 0 Å². The normalized spacial score (nSPS) is 10.0. The van der Waals surface area contributed by atoms with Crippen LogP contribution in [0.15, 0.2) is 6.07 Å². The van der Waals surface area contributed by atoms with Crippen molar-refractivity contribution < 1.29 is 0 Å². The van der Waals surface area contributed by atoms with Crippen LogP contribution in [0.3, 0.4) is 0 Å². The SMILES string of the molecule is CCCN(C)c1cc(N)nc(N)n1. The van der Waals surface area contributed by atoms with Crippen LogP contribution in [0, 0.1) is 0 Å². The minimum atomic E-state index is 0.220. The topological polar surface area (TPSA) is 81.1 Å². The summed E-state index contributed by atoms with van der Waals surface area (Å²) in [5.74, 6) is 1.40. The molecule has 0 aliphatic carbocycles. The van der Waals surface area contributed by atoms with Crippen LogP contribution < -0.4 is 16.4 Å². The first-order chi connectivity index (χ1) is 6.13. The molecule has 0 spiro atoms. The maximum absolute atomic E-state index is 5.54. The number of rotatable bonds is 3. The number of anilines is 3. The molecule has 1 aromatic heterocycles. The first-order valence-electron chi connectivity index (χ1n) is 4.24. The van der Waals surface area contributed by atoms with Crippen molar-refractivity contribution in [3.05, 3.63) is 6.07 Å². The molecular formula is C8H15N5. The summed E-state index contributed by atoms with van der Waals surface area (Å²) in [6.45, 7) is 3.03. The van der Waals surface area contributed by atoms with Gasteiger partial charge in [0.05, 0.1) is 0 Å². The van der Waals surface area contributed by atoms with E-state index in [0.29, 0.717) is 5.82 Å². The van der Waals surface area contributed by atoms with Gasteiger partial charge in [-0.05, 0) is 6.42 Å². The largest absolute Gasteiger partial charge is 0.383 e. The van der Waals surface area contributed by atoms with E-state index in [9.17, 15) is 0 Å². The second kappa shape index (κ2) is 3.93. The van der Waals surface area contributed by atoms with Gasteiger partial charge in [-0.15, -0.1) is 0 Å². The summed E-state index contributed by atoms with van der Waals surface area (Å²) >= 11 is 0. The highest BCUT2D eigenvalue weighted by atomic mass is 15.2. The van der Waals surface area contributed by atoms with Crippen molar-refractivity contribution in [2.24, 2.45) is 0 Å². The van der Waals surface area contributed by atoms with E-state index in [-0.39, 0.29) is 5.95 Å². The molecule has 0 radical (unpaired) electrons. The molecule has 5 nitrogen and oxygen atoms in total. The van der Waals surface area contributed by atoms with Gasteiger partial charge >= 0.3 is 0 Å². The highest BCUT2D eigenvalue weighted by Crippen LogP contribution is 2.13. The maximum Gasteiger partial charge on any atom is 0.223 e. The van der Waals surface area contributed by atoms with Crippen LogP contribution in [0.4, 0.5) is 17.6 Å². The molecule has 1 heterocycles. The lowest BCUT2D eigenvalue weighted by atomic mass is 10.4. The molecular weight excluding hydrogens is 166 g/mol. The van der Waals surface area contributed by atoms with Gasteiger partial charge in [-0.2, -0.15) is 9.97 Å². The van der Waals surface area contributed by atoms with E-state index < -0.39 is 0 Å². The smallest absolute Gasteiger partial charge is 0.223 e. The predicted octanol–water partition coefficient (Wildman–Crippen LogP) is 0.487. The van der Waals surface area contributed by atoms with Crippen molar-refractivity contribution in [3.8, 4) is 0 Å². The zero-order chi connectivity index (χ0) is 9.84. The van der Waals surface area contributed by atoms with Crippen molar-refractivity contribution in [2.45, 2.75) is 13.3 Å². The van der Waals surface area contributed by atoms with Crippen molar-refractivity contribution in [1.82, 2.24) is 9.97 Å². The predicted molar refractivity (Wildman–Crippen MR) is 54.4 cm³/mol. The summed E-state index contributed by atoms with van der Waals surface area (Å²) < 4.78 is 0. The van der Waals surface area contributed by atoms with Gasteiger partial charge in [0.15, 0.2) is 0 Å². The Balaban J connectivity index is 2.87. The van der Waals surface area contributed by atoms with Gasteiger partial charge in [-0.1, -0.05) is 6.92 Å². The Labute approximate surface area is 77.8 Å². The second-order valence-corrected chi connectivity index (χ2v) is 2.93. The van der Waals surface area contributed by atoms with E-state index in [4.69, 9.17) is 11.5 Å².